The lowest BCUT2D eigenvalue weighted by molar-refractivity contribution is -0.179. The lowest BCUT2D eigenvalue weighted by Crippen LogP contribution is -2.43. The van der Waals surface area contributed by atoms with Crippen LogP contribution < -0.4 is 5.32 Å². The van der Waals surface area contributed by atoms with E-state index in [4.69, 9.17) is 9.57 Å². The summed E-state index contributed by atoms with van der Waals surface area (Å²) in [4.78, 5) is 28.8. The number of carbonyl (C=O) groups excluding carboxylic acids is 2. The summed E-state index contributed by atoms with van der Waals surface area (Å²) in [5.41, 5.74) is 0.0933. The third-order valence-electron chi connectivity index (χ3n) is 3.31. The Morgan fingerprint density at radius 3 is 2.33 bits per heavy atom. The Morgan fingerprint density at radius 2 is 1.83 bits per heavy atom. The number of hydroxylamine groups is 2. The van der Waals surface area contributed by atoms with E-state index in [0.29, 0.717) is 0 Å². The summed E-state index contributed by atoms with van der Waals surface area (Å²) in [6.07, 6.45) is -1.98. The Hall–Kier alpha value is -2.12. The highest BCUT2D eigenvalue weighted by atomic mass is 16.7. The Balaban J connectivity index is 2.87. The molecule has 1 aromatic carbocycles. The van der Waals surface area contributed by atoms with Crippen molar-refractivity contribution in [2.75, 3.05) is 20.7 Å². The molecule has 1 rings (SSSR count). The van der Waals surface area contributed by atoms with Gasteiger partial charge in [-0.3, -0.25) is 9.63 Å². The maximum Gasteiger partial charge on any atom is 0.407 e. The number of nitrogens with zero attached hydrogens (tertiary/aromatic N) is 1. The number of ether oxygens (including phenoxy) is 1. The molecule has 134 valence electrons. The van der Waals surface area contributed by atoms with Gasteiger partial charge in [-0.2, -0.15) is 0 Å². The molecule has 7 nitrogen and oxygen atoms in total. The van der Waals surface area contributed by atoms with Crippen molar-refractivity contribution >= 4 is 12.0 Å². The number of hydrogen-bond acceptors (Lipinski definition) is 5. The number of hydrogen-bond donors (Lipinski definition) is 2. The van der Waals surface area contributed by atoms with Crippen molar-refractivity contribution in [3.8, 4) is 0 Å². The van der Waals surface area contributed by atoms with Gasteiger partial charge < -0.3 is 15.2 Å². The molecule has 0 saturated heterocycles. The number of likely N-dealkylation sites (N-methyl/N-ethyl adjacent to an activating group) is 1. The largest absolute Gasteiger partial charge is 0.444 e. The van der Waals surface area contributed by atoms with Gasteiger partial charge in [-0.05, 0) is 26.3 Å². The molecule has 0 aliphatic heterocycles. The predicted octanol–water partition coefficient (Wildman–Crippen LogP) is 1.68. The van der Waals surface area contributed by atoms with Crippen molar-refractivity contribution in [3.63, 3.8) is 0 Å². The molecule has 7 heteroatoms. The molecule has 0 bridgehead atoms. The molecular formula is C17H26N2O5. The number of carbonyl (C=O) groups is 2. The summed E-state index contributed by atoms with van der Waals surface area (Å²) in [6.45, 7) is 5.32. The molecule has 0 heterocycles. The van der Waals surface area contributed by atoms with Crippen LogP contribution in [0.3, 0.4) is 0 Å². The minimum Gasteiger partial charge on any atom is -0.444 e. The van der Waals surface area contributed by atoms with Crippen LogP contribution in [0.15, 0.2) is 30.3 Å². The third kappa shape index (κ3) is 6.17. The molecule has 0 saturated carbocycles. The standard InChI is InChI=1S/C17H26N2O5/c1-17(2,3)24-16(22)18-11-13(12-9-7-6-8-10-12)14(20)15(21)19(4)23-5/h6-10,13-14,20H,11H2,1-5H3,(H,18,22)/t13?,14-/m0/s1. The second kappa shape index (κ2) is 8.65. The zero-order valence-corrected chi connectivity index (χ0v) is 14.8. The number of aliphatic hydroxyl groups is 1. The van der Waals surface area contributed by atoms with Crippen LogP contribution in [0, 0.1) is 0 Å². The van der Waals surface area contributed by atoms with Gasteiger partial charge in [0, 0.05) is 19.5 Å². The number of alkyl carbamates (subject to hydrolysis) is 1. The fourth-order valence-electron chi connectivity index (χ4n) is 2.07. The molecule has 2 N–H and O–H groups in total. The van der Waals surface area contributed by atoms with E-state index in [0.717, 1.165) is 10.6 Å². The molecule has 0 radical (unpaired) electrons. The van der Waals surface area contributed by atoms with E-state index in [-0.39, 0.29) is 6.54 Å². The fraction of sp³-hybridized carbons (Fsp3) is 0.529. The number of amides is 2. The van der Waals surface area contributed by atoms with E-state index >= 15 is 0 Å². The van der Waals surface area contributed by atoms with Crippen molar-refractivity contribution in [2.24, 2.45) is 0 Å². The third-order valence-corrected chi connectivity index (χ3v) is 3.31. The van der Waals surface area contributed by atoms with Gasteiger partial charge >= 0.3 is 6.09 Å². The average Bonchev–Trinajstić information content (AvgIpc) is 2.52. The Morgan fingerprint density at radius 1 is 1.25 bits per heavy atom. The van der Waals surface area contributed by atoms with Crippen molar-refractivity contribution in [1.82, 2.24) is 10.4 Å². The number of rotatable bonds is 6. The van der Waals surface area contributed by atoms with Crippen LogP contribution in [0.4, 0.5) is 4.79 Å². The first-order valence-electron chi connectivity index (χ1n) is 7.67. The Labute approximate surface area is 142 Å². The van der Waals surface area contributed by atoms with E-state index in [9.17, 15) is 14.7 Å². The van der Waals surface area contributed by atoms with Crippen LogP contribution >= 0.6 is 0 Å². The molecule has 0 aromatic heterocycles. The average molecular weight is 338 g/mol. The van der Waals surface area contributed by atoms with Gasteiger partial charge in [0.2, 0.25) is 0 Å². The summed E-state index contributed by atoms with van der Waals surface area (Å²) in [5.74, 6) is -1.24. The van der Waals surface area contributed by atoms with E-state index in [1.807, 2.05) is 6.07 Å². The topological polar surface area (TPSA) is 88.1 Å². The van der Waals surface area contributed by atoms with Gasteiger partial charge in [0.1, 0.15) is 11.7 Å². The molecule has 0 fully saturated rings. The van der Waals surface area contributed by atoms with Crippen molar-refractivity contribution in [1.29, 1.82) is 0 Å². The molecular weight excluding hydrogens is 312 g/mol. The van der Waals surface area contributed by atoms with Gasteiger partial charge in [0.05, 0.1) is 7.11 Å². The molecule has 0 aliphatic carbocycles. The smallest absolute Gasteiger partial charge is 0.407 e. The number of aliphatic hydroxyl groups excluding tert-OH is 1. The van der Waals surface area contributed by atoms with Gasteiger partial charge in [0.15, 0.2) is 0 Å². The Bertz CT molecular complexity index is 542. The zero-order valence-electron chi connectivity index (χ0n) is 14.8. The molecule has 0 spiro atoms. The van der Waals surface area contributed by atoms with Crippen molar-refractivity contribution < 1.29 is 24.3 Å². The van der Waals surface area contributed by atoms with Crippen molar-refractivity contribution in [2.45, 2.75) is 38.4 Å². The van der Waals surface area contributed by atoms with Crippen LogP contribution in [0.25, 0.3) is 0 Å². The minimum absolute atomic E-state index is 0.0450. The van der Waals surface area contributed by atoms with E-state index in [1.165, 1.54) is 14.2 Å². The monoisotopic (exact) mass is 338 g/mol. The summed E-state index contributed by atoms with van der Waals surface area (Å²) >= 11 is 0. The highest BCUT2D eigenvalue weighted by molar-refractivity contribution is 5.80. The zero-order chi connectivity index (χ0) is 18.3. The maximum absolute atomic E-state index is 12.2. The van der Waals surface area contributed by atoms with Crippen LogP contribution in [0.5, 0.6) is 0 Å². The molecule has 1 aromatic rings. The Kier molecular flexibility index (Phi) is 7.18. The van der Waals surface area contributed by atoms with Gasteiger partial charge in [0.25, 0.3) is 5.91 Å². The normalized spacial score (nSPS) is 13.8. The summed E-state index contributed by atoms with van der Waals surface area (Å²) in [6, 6.07) is 8.99. The number of benzene rings is 1. The molecule has 1 unspecified atom stereocenters. The second-order valence-electron chi connectivity index (χ2n) is 6.36. The summed E-state index contributed by atoms with van der Waals surface area (Å²) < 4.78 is 5.18. The van der Waals surface area contributed by atoms with E-state index in [2.05, 4.69) is 5.32 Å². The highest BCUT2D eigenvalue weighted by Gasteiger charge is 2.31. The molecule has 24 heavy (non-hydrogen) atoms. The summed E-state index contributed by atoms with van der Waals surface area (Å²) in [7, 11) is 2.75. The molecule has 0 aliphatic rings. The number of nitrogens with one attached hydrogen (secondary N) is 1. The lowest BCUT2D eigenvalue weighted by atomic mass is 9.92. The lowest BCUT2D eigenvalue weighted by Gasteiger charge is -2.26. The molecule has 2 atom stereocenters. The van der Waals surface area contributed by atoms with Crippen molar-refractivity contribution in [3.05, 3.63) is 35.9 Å². The fourth-order valence-corrected chi connectivity index (χ4v) is 2.07. The van der Waals surface area contributed by atoms with E-state index < -0.39 is 29.6 Å². The molecule has 2 amide bonds. The van der Waals surface area contributed by atoms with Crippen LogP contribution in [0.2, 0.25) is 0 Å². The van der Waals surface area contributed by atoms with E-state index in [1.54, 1.807) is 45.0 Å². The first kappa shape index (κ1) is 19.9. The van der Waals surface area contributed by atoms with Crippen LogP contribution in [0.1, 0.15) is 32.3 Å². The quantitative estimate of drug-likeness (QED) is 0.771. The van der Waals surface area contributed by atoms with Gasteiger partial charge in [-0.15, -0.1) is 0 Å². The highest BCUT2D eigenvalue weighted by Crippen LogP contribution is 2.21. The SMILES string of the molecule is CON(C)C(=O)[C@@H](O)C(CNC(=O)OC(C)(C)C)c1ccccc1. The first-order valence-corrected chi connectivity index (χ1v) is 7.67. The minimum atomic E-state index is -1.37. The predicted molar refractivity (Wildman–Crippen MR) is 89.2 cm³/mol. The second-order valence-corrected chi connectivity index (χ2v) is 6.36. The summed E-state index contributed by atoms with van der Waals surface area (Å²) in [5, 5.41) is 14.0. The van der Waals surface area contributed by atoms with Gasteiger partial charge in [-0.25, -0.2) is 9.86 Å². The van der Waals surface area contributed by atoms with Gasteiger partial charge in [-0.1, -0.05) is 30.3 Å². The van der Waals surface area contributed by atoms with Crippen LogP contribution in [-0.2, 0) is 14.4 Å². The van der Waals surface area contributed by atoms with Crippen LogP contribution in [-0.4, -0.2) is 54.6 Å². The maximum atomic E-state index is 12.2. The first-order chi connectivity index (χ1) is 11.2.